The molecular weight excluding hydrogens is 260 g/mol. The van der Waals surface area contributed by atoms with Crippen LogP contribution in [0.15, 0.2) is 36.7 Å². The molecule has 1 unspecified atom stereocenters. The third-order valence-electron chi connectivity index (χ3n) is 3.52. The number of benzene rings is 1. The maximum Gasteiger partial charge on any atom is 0.135 e. The monoisotopic (exact) mass is 284 g/mol. The van der Waals surface area contributed by atoms with Crippen LogP contribution in [-0.4, -0.2) is 16.0 Å². The number of para-hydroxylation sites is 1. The van der Waals surface area contributed by atoms with Gasteiger partial charge < -0.3 is 10.6 Å². The smallest absolute Gasteiger partial charge is 0.135 e. The Hall–Kier alpha value is -2.10. The molecular formula is C17H24N4. The molecule has 2 rings (SSSR count). The van der Waals surface area contributed by atoms with Gasteiger partial charge in [0, 0.05) is 17.8 Å². The lowest BCUT2D eigenvalue weighted by molar-refractivity contribution is 0.758. The number of nitrogens with zero attached hydrogens (tertiary/aromatic N) is 2. The minimum absolute atomic E-state index is 0.399. The van der Waals surface area contributed by atoms with Crippen LogP contribution >= 0.6 is 0 Å². The number of hydrogen-bond acceptors (Lipinski definition) is 4. The highest BCUT2D eigenvalue weighted by atomic mass is 15.1. The second-order valence-electron chi connectivity index (χ2n) is 5.61. The van der Waals surface area contributed by atoms with Crippen LogP contribution < -0.4 is 10.6 Å². The summed E-state index contributed by atoms with van der Waals surface area (Å²) in [5.74, 6) is 2.13. The fourth-order valence-electron chi connectivity index (χ4n) is 2.11. The Bertz CT molecular complexity index is 581. The zero-order valence-electron chi connectivity index (χ0n) is 13.2. The molecule has 0 saturated carbocycles. The average molecular weight is 284 g/mol. The van der Waals surface area contributed by atoms with Gasteiger partial charge in [-0.1, -0.05) is 39.0 Å². The van der Waals surface area contributed by atoms with Gasteiger partial charge in [0.2, 0.25) is 0 Å². The Morgan fingerprint density at radius 3 is 2.48 bits per heavy atom. The quantitative estimate of drug-likeness (QED) is 0.816. The lowest BCUT2D eigenvalue weighted by Crippen LogP contribution is -2.14. The summed E-state index contributed by atoms with van der Waals surface area (Å²) in [6.07, 6.45) is 2.65. The van der Waals surface area contributed by atoms with Crippen LogP contribution in [0, 0.1) is 0 Å². The van der Waals surface area contributed by atoms with Crippen molar-refractivity contribution in [3.05, 3.63) is 42.2 Å². The van der Waals surface area contributed by atoms with E-state index in [1.54, 1.807) is 6.33 Å². The number of hydrogen-bond donors (Lipinski definition) is 2. The normalized spacial score (nSPS) is 12.2. The topological polar surface area (TPSA) is 49.8 Å². The molecule has 0 spiro atoms. The maximum atomic E-state index is 4.31. The van der Waals surface area contributed by atoms with Crippen LogP contribution in [0.3, 0.4) is 0 Å². The molecule has 0 aliphatic carbocycles. The molecule has 0 aliphatic rings. The van der Waals surface area contributed by atoms with E-state index >= 15 is 0 Å². The van der Waals surface area contributed by atoms with E-state index < -0.39 is 0 Å². The molecule has 0 fully saturated rings. The number of anilines is 3. The first kappa shape index (κ1) is 15.3. The maximum absolute atomic E-state index is 4.31. The minimum Gasteiger partial charge on any atom is -0.367 e. The van der Waals surface area contributed by atoms with Crippen molar-refractivity contribution in [3.63, 3.8) is 0 Å². The van der Waals surface area contributed by atoms with E-state index in [9.17, 15) is 0 Å². The van der Waals surface area contributed by atoms with E-state index in [1.165, 1.54) is 5.56 Å². The predicted octanol–water partition coefficient (Wildman–Crippen LogP) is 4.55. The van der Waals surface area contributed by atoms with Crippen molar-refractivity contribution in [1.29, 1.82) is 0 Å². The highest BCUT2D eigenvalue weighted by molar-refractivity contribution is 5.63. The molecule has 1 aromatic heterocycles. The van der Waals surface area contributed by atoms with Crippen LogP contribution in [0.1, 0.15) is 45.6 Å². The first-order valence-corrected chi connectivity index (χ1v) is 7.54. The van der Waals surface area contributed by atoms with E-state index in [4.69, 9.17) is 0 Å². The molecule has 112 valence electrons. The summed E-state index contributed by atoms with van der Waals surface area (Å²) in [5, 5.41) is 6.76. The Labute approximate surface area is 127 Å². The summed E-state index contributed by atoms with van der Waals surface area (Å²) < 4.78 is 0. The second-order valence-corrected chi connectivity index (χ2v) is 5.61. The second kappa shape index (κ2) is 7.07. The van der Waals surface area contributed by atoms with Crippen molar-refractivity contribution < 1.29 is 0 Å². The molecule has 0 amide bonds. The first-order valence-electron chi connectivity index (χ1n) is 7.54. The first-order chi connectivity index (χ1) is 10.1. The van der Waals surface area contributed by atoms with Gasteiger partial charge in [0.05, 0.1) is 0 Å². The summed E-state index contributed by atoms with van der Waals surface area (Å²) in [4.78, 5) is 8.57. The zero-order chi connectivity index (χ0) is 15.2. The molecule has 0 saturated heterocycles. The highest BCUT2D eigenvalue weighted by Crippen LogP contribution is 2.26. The Kier molecular flexibility index (Phi) is 5.14. The predicted molar refractivity (Wildman–Crippen MR) is 89.2 cm³/mol. The fraction of sp³-hybridized carbons (Fsp3) is 0.412. The van der Waals surface area contributed by atoms with Crippen LogP contribution in [0.4, 0.5) is 17.3 Å². The lowest BCUT2D eigenvalue weighted by Gasteiger charge is -2.15. The van der Waals surface area contributed by atoms with E-state index in [0.29, 0.717) is 12.0 Å². The molecule has 1 aromatic carbocycles. The van der Waals surface area contributed by atoms with Gasteiger partial charge >= 0.3 is 0 Å². The van der Waals surface area contributed by atoms with Gasteiger partial charge in [-0.25, -0.2) is 9.97 Å². The van der Waals surface area contributed by atoms with Crippen molar-refractivity contribution >= 4 is 17.3 Å². The molecule has 2 N–H and O–H groups in total. The summed E-state index contributed by atoms with van der Waals surface area (Å²) >= 11 is 0. The van der Waals surface area contributed by atoms with Gasteiger partial charge in [0.15, 0.2) is 0 Å². The van der Waals surface area contributed by atoms with Crippen molar-refractivity contribution in [1.82, 2.24) is 9.97 Å². The van der Waals surface area contributed by atoms with Crippen molar-refractivity contribution in [2.45, 2.75) is 46.1 Å². The van der Waals surface area contributed by atoms with Crippen LogP contribution in [0.2, 0.25) is 0 Å². The van der Waals surface area contributed by atoms with Gasteiger partial charge in [-0.2, -0.15) is 0 Å². The summed E-state index contributed by atoms with van der Waals surface area (Å²) in [7, 11) is 0. The highest BCUT2D eigenvalue weighted by Gasteiger charge is 2.07. The van der Waals surface area contributed by atoms with Crippen LogP contribution in [0.25, 0.3) is 0 Å². The third-order valence-corrected chi connectivity index (χ3v) is 3.52. The van der Waals surface area contributed by atoms with Gasteiger partial charge in [-0.05, 0) is 30.9 Å². The van der Waals surface area contributed by atoms with E-state index in [0.717, 1.165) is 23.7 Å². The van der Waals surface area contributed by atoms with Gasteiger partial charge in [0.1, 0.15) is 18.0 Å². The van der Waals surface area contributed by atoms with Crippen LogP contribution in [0.5, 0.6) is 0 Å². The fourth-order valence-corrected chi connectivity index (χ4v) is 2.11. The largest absolute Gasteiger partial charge is 0.367 e. The van der Waals surface area contributed by atoms with Crippen molar-refractivity contribution in [2.75, 3.05) is 10.6 Å². The molecule has 0 radical (unpaired) electrons. The number of nitrogens with one attached hydrogen (secondary N) is 2. The Balaban J connectivity index is 2.18. The SMILES string of the molecule is CCC(C)Nc1cc(Nc2ccccc2C(C)C)ncn1. The van der Waals surface area contributed by atoms with E-state index in [1.807, 2.05) is 12.1 Å². The molecule has 0 aliphatic heterocycles. The average Bonchev–Trinajstić information content (AvgIpc) is 2.48. The standard InChI is InChI=1S/C17H24N4/c1-5-13(4)20-16-10-17(19-11-18-16)21-15-9-7-6-8-14(15)12(2)3/h6-13H,5H2,1-4H3,(H2,18,19,20,21). The van der Waals surface area contributed by atoms with E-state index in [2.05, 4.69) is 66.5 Å². The molecule has 1 heterocycles. The van der Waals surface area contributed by atoms with Crippen molar-refractivity contribution in [3.8, 4) is 0 Å². The van der Waals surface area contributed by atoms with Gasteiger partial charge in [-0.15, -0.1) is 0 Å². The summed E-state index contributed by atoms with van der Waals surface area (Å²) in [6.45, 7) is 8.67. The van der Waals surface area contributed by atoms with Gasteiger partial charge in [-0.3, -0.25) is 0 Å². The van der Waals surface area contributed by atoms with Crippen LogP contribution in [-0.2, 0) is 0 Å². The van der Waals surface area contributed by atoms with Crippen molar-refractivity contribution in [2.24, 2.45) is 0 Å². The molecule has 0 bridgehead atoms. The van der Waals surface area contributed by atoms with E-state index in [-0.39, 0.29) is 0 Å². The Morgan fingerprint density at radius 2 is 1.76 bits per heavy atom. The molecule has 4 nitrogen and oxygen atoms in total. The molecule has 2 aromatic rings. The minimum atomic E-state index is 0.399. The summed E-state index contributed by atoms with van der Waals surface area (Å²) in [6, 6.07) is 10.7. The molecule has 1 atom stereocenters. The summed E-state index contributed by atoms with van der Waals surface area (Å²) in [5.41, 5.74) is 2.38. The zero-order valence-corrected chi connectivity index (χ0v) is 13.2. The lowest BCUT2D eigenvalue weighted by atomic mass is 10.0. The number of rotatable bonds is 6. The number of aromatic nitrogens is 2. The Morgan fingerprint density at radius 1 is 1.05 bits per heavy atom. The third kappa shape index (κ3) is 4.18. The molecule has 4 heteroatoms. The van der Waals surface area contributed by atoms with Gasteiger partial charge in [0.25, 0.3) is 0 Å². The molecule has 21 heavy (non-hydrogen) atoms.